The first-order valence-electron chi connectivity index (χ1n) is 10.5. The molecule has 2 aliphatic rings. The molecule has 1 atom stereocenters. The average Bonchev–Trinajstić information content (AvgIpc) is 3.07. The van der Waals surface area contributed by atoms with E-state index in [4.69, 9.17) is 21.3 Å². The number of benzene rings is 1. The summed E-state index contributed by atoms with van der Waals surface area (Å²) in [6.07, 6.45) is 4.27. The van der Waals surface area contributed by atoms with Crippen LogP contribution in [0.1, 0.15) is 34.7 Å². The van der Waals surface area contributed by atoms with Gasteiger partial charge in [0.05, 0.1) is 41.5 Å². The zero-order valence-corrected chi connectivity index (χ0v) is 17.8. The molecule has 1 N–H and O–H groups in total. The van der Waals surface area contributed by atoms with Crippen LogP contribution in [0.25, 0.3) is 16.6 Å². The van der Waals surface area contributed by atoms with Crippen molar-refractivity contribution in [2.75, 3.05) is 19.7 Å². The Kier molecular flexibility index (Phi) is 5.48. The van der Waals surface area contributed by atoms with Crippen molar-refractivity contribution in [2.24, 2.45) is 0 Å². The van der Waals surface area contributed by atoms with E-state index in [1.807, 2.05) is 12.1 Å². The van der Waals surface area contributed by atoms with Crippen molar-refractivity contribution >= 4 is 34.2 Å². The smallest absolute Gasteiger partial charge is 0.335 e. The van der Waals surface area contributed by atoms with Crippen LogP contribution in [0.4, 0.5) is 0 Å². The van der Waals surface area contributed by atoms with Gasteiger partial charge in [0, 0.05) is 19.7 Å². The lowest BCUT2D eigenvalue weighted by molar-refractivity contribution is -0.0591. The fraction of sp³-hybridized carbons (Fsp3) is 0.348. The average molecular weight is 439 g/mol. The Balaban J connectivity index is 1.39. The fourth-order valence-electron chi connectivity index (χ4n) is 4.14. The van der Waals surface area contributed by atoms with Crippen molar-refractivity contribution in [3.8, 4) is 0 Å². The molecular weight excluding hydrogens is 416 g/mol. The van der Waals surface area contributed by atoms with Gasteiger partial charge >= 0.3 is 5.97 Å². The number of carboxylic acids is 1. The molecule has 8 heteroatoms. The van der Waals surface area contributed by atoms with E-state index in [0.29, 0.717) is 18.2 Å². The van der Waals surface area contributed by atoms with Crippen molar-refractivity contribution in [1.82, 2.24) is 19.4 Å². The third kappa shape index (κ3) is 4.21. The summed E-state index contributed by atoms with van der Waals surface area (Å²) in [6, 6.07) is 10.8. The third-order valence-electron chi connectivity index (χ3n) is 5.96. The molecule has 0 saturated carbocycles. The summed E-state index contributed by atoms with van der Waals surface area (Å²) in [5.41, 5.74) is 4.08. The summed E-state index contributed by atoms with van der Waals surface area (Å²) in [6.45, 7) is 3.85. The Morgan fingerprint density at radius 3 is 2.81 bits per heavy atom. The zero-order chi connectivity index (χ0) is 21.4. The summed E-state index contributed by atoms with van der Waals surface area (Å²) < 4.78 is 7.77. The number of carboxylic acid groups (broad SMARTS) is 1. The molecule has 4 heterocycles. The molecule has 1 fully saturated rings. The summed E-state index contributed by atoms with van der Waals surface area (Å²) in [4.78, 5) is 23.0. The molecule has 7 nitrogen and oxygen atoms in total. The van der Waals surface area contributed by atoms with E-state index in [1.165, 1.54) is 5.57 Å². The number of fused-ring (bicyclic) bond motifs is 1. The van der Waals surface area contributed by atoms with E-state index in [1.54, 1.807) is 24.3 Å². The summed E-state index contributed by atoms with van der Waals surface area (Å²) in [5.74, 6) is 0.00480. The van der Waals surface area contributed by atoms with Gasteiger partial charge in [-0.15, -0.1) is 0 Å². The number of halogens is 1. The van der Waals surface area contributed by atoms with Crippen LogP contribution in [0.15, 0.2) is 42.5 Å². The standard InChI is InChI=1S/C23H23ClN4O3/c24-21-3-1-2-18(25-21)15-6-9-27(10-7-15)14-22-26-19-5-4-16(23(29)30)12-20(19)28(22)13-17-8-11-31-17/h1-6,12,17H,7-11,13-14H2,(H,29,30)/t17-/m0/s1. The van der Waals surface area contributed by atoms with Crippen LogP contribution in [0, 0.1) is 0 Å². The van der Waals surface area contributed by atoms with Crippen LogP contribution >= 0.6 is 11.6 Å². The monoisotopic (exact) mass is 438 g/mol. The Bertz CT molecular complexity index is 1170. The van der Waals surface area contributed by atoms with E-state index in [9.17, 15) is 9.90 Å². The van der Waals surface area contributed by atoms with Crippen molar-refractivity contribution < 1.29 is 14.6 Å². The lowest BCUT2D eigenvalue weighted by atomic mass is 10.0. The first kappa shape index (κ1) is 20.2. The van der Waals surface area contributed by atoms with E-state index in [2.05, 4.69) is 20.5 Å². The molecule has 0 spiro atoms. The maximum atomic E-state index is 11.5. The molecule has 31 heavy (non-hydrogen) atoms. The third-order valence-corrected chi connectivity index (χ3v) is 6.17. The second-order valence-corrected chi connectivity index (χ2v) is 8.38. The van der Waals surface area contributed by atoms with Crippen molar-refractivity contribution in [1.29, 1.82) is 0 Å². The minimum atomic E-state index is -0.931. The van der Waals surface area contributed by atoms with Crippen LogP contribution < -0.4 is 0 Å². The molecule has 2 aliphatic heterocycles. The molecule has 0 amide bonds. The number of carbonyl (C=O) groups is 1. The van der Waals surface area contributed by atoms with Crippen molar-refractivity contribution in [3.63, 3.8) is 0 Å². The highest BCUT2D eigenvalue weighted by Gasteiger charge is 2.24. The predicted molar refractivity (Wildman–Crippen MR) is 118 cm³/mol. The van der Waals surface area contributed by atoms with Gasteiger partial charge in [-0.2, -0.15) is 0 Å². The lowest BCUT2D eigenvalue weighted by Crippen LogP contribution is -2.33. The fourth-order valence-corrected chi connectivity index (χ4v) is 4.30. The van der Waals surface area contributed by atoms with Crippen molar-refractivity contribution in [3.05, 3.63) is 64.7 Å². The van der Waals surface area contributed by atoms with Gasteiger partial charge in [-0.05, 0) is 48.7 Å². The highest BCUT2D eigenvalue weighted by atomic mass is 35.5. The highest BCUT2D eigenvalue weighted by Crippen LogP contribution is 2.26. The van der Waals surface area contributed by atoms with Crippen LogP contribution in [0.5, 0.6) is 0 Å². The zero-order valence-electron chi connectivity index (χ0n) is 17.0. The van der Waals surface area contributed by atoms with Crippen LogP contribution in [-0.4, -0.2) is 56.3 Å². The number of aromatic carboxylic acids is 1. The van der Waals surface area contributed by atoms with E-state index >= 15 is 0 Å². The molecule has 3 aromatic rings. The molecule has 1 saturated heterocycles. The number of nitrogens with zero attached hydrogens (tertiary/aromatic N) is 4. The topological polar surface area (TPSA) is 80.5 Å². The summed E-state index contributed by atoms with van der Waals surface area (Å²) >= 11 is 6.04. The van der Waals surface area contributed by atoms with Gasteiger partial charge in [0.1, 0.15) is 11.0 Å². The minimum Gasteiger partial charge on any atom is -0.478 e. The van der Waals surface area contributed by atoms with Gasteiger partial charge in [0.15, 0.2) is 0 Å². The number of ether oxygens (including phenoxy) is 1. The van der Waals surface area contributed by atoms with Crippen molar-refractivity contribution in [2.45, 2.75) is 32.0 Å². The number of imidazole rings is 1. The first-order chi connectivity index (χ1) is 15.1. The molecular formula is C23H23ClN4O3. The largest absolute Gasteiger partial charge is 0.478 e. The molecule has 0 bridgehead atoms. The van der Waals surface area contributed by atoms with Crippen LogP contribution in [0.3, 0.4) is 0 Å². The lowest BCUT2D eigenvalue weighted by Gasteiger charge is -2.29. The van der Waals surface area contributed by atoms with E-state index in [0.717, 1.165) is 55.1 Å². The Hall–Kier alpha value is -2.74. The first-order valence-corrected chi connectivity index (χ1v) is 10.8. The number of hydrogen-bond acceptors (Lipinski definition) is 5. The van der Waals surface area contributed by atoms with Crippen LogP contribution in [0.2, 0.25) is 5.15 Å². The molecule has 2 aromatic heterocycles. The van der Waals surface area contributed by atoms with Gasteiger partial charge in [-0.25, -0.2) is 14.8 Å². The number of aromatic nitrogens is 3. The second-order valence-electron chi connectivity index (χ2n) is 7.99. The summed E-state index contributed by atoms with van der Waals surface area (Å²) in [7, 11) is 0. The van der Waals surface area contributed by atoms with Gasteiger partial charge in [0.25, 0.3) is 0 Å². The molecule has 0 unspecified atom stereocenters. The SMILES string of the molecule is O=C(O)c1ccc2nc(CN3CC=C(c4cccc(Cl)n4)CC3)n(C[C@@H]3CCO3)c2c1. The molecule has 0 radical (unpaired) electrons. The number of pyridine rings is 1. The molecule has 5 rings (SSSR count). The molecule has 1 aromatic carbocycles. The second kappa shape index (κ2) is 8.42. The van der Waals surface area contributed by atoms with E-state index < -0.39 is 5.97 Å². The minimum absolute atomic E-state index is 0.159. The Morgan fingerprint density at radius 1 is 1.26 bits per heavy atom. The Morgan fingerprint density at radius 2 is 2.13 bits per heavy atom. The van der Waals surface area contributed by atoms with Crippen LogP contribution in [-0.2, 0) is 17.8 Å². The number of hydrogen-bond donors (Lipinski definition) is 1. The van der Waals surface area contributed by atoms with Gasteiger partial charge in [-0.3, -0.25) is 4.90 Å². The van der Waals surface area contributed by atoms with Gasteiger partial charge in [0.2, 0.25) is 0 Å². The highest BCUT2D eigenvalue weighted by molar-refractivity contribution is 6.29. The maximum Gasteiger partial charge on any atom is 0.335 e. The quantitative estimate of drug-likeness (QED) is 0.588. The molecule has 160 valence electrons. The summed E-state index contributed by atoms with van der Waals surface area (Å²) in [5, 5.41) is 9.90. The Labute approximate surface area is 184 Å². The normalized spacial score (nSPS) is 19.3. The molecule has 0 aliphatic carbocycles. The maximum absolute atomic E-state index is 11.5. The van der Waals surface area contributed by atoms with Gasteiger partial charge < -0.3 is 14.4 Å². The van der Waals surface area contributed by atoms with E-state index in [-0.39, 0.29) is 11.7 Å². The predicted octanol–water partition coefficient (Wildman–Crippen LogP) is 3.86. The van der Waals surface area contributed by atoms with Gasteiger partial charge in [-0.1, -0.05) is 23.7 Å². The number of rotatable bonds is 6.